The summed E-state index contributed by atoms with van der Waals surface area (Å²) in [4.78, 5) is 49.8. The molecule has 1 aliphatic carbocycles. The maximum Gasteiger partial charge on any atom is 0.320 e. The number of nitrogens with zero attached hydrogens (tertiary/aromatic N) is 6. The van der Waals surface area contributed by atoms with Gasteiger partial charge in [0.15, 0.2) is 5.65 Å². The minimum atomic E-state index is -0.752. The Bertz CT molecular complexity index is 1370. The fourth-order valence-electron chi connectivity index (χ4n) is 4.75. The summed E-state index contributed by atoms with van der Waals surface area (Å²) >= 11 is 0. The van der Waals surface area contributed by atoms with Crippen LogP contribution in [-0.2, 0) is 9.59 Å². The fraction of sp³-hybridized carbons (Fsp3) is 0.500. The van der Waals surface area contributed by atoms with Crippen molar-refractivity contribution < 1.29 is 14.4 Å². The van der Waals surface area contributed by atoms with Crippen LogP contribution in [0.2, 0.25) is 0 Å². The number of piperidine rings is 1. The lowest BCUT2D eigenvalue weighted by Crippen LogP contribution is -2.48. The van der Waals surface area contributed by atoms with Gasteiger partial charge in [0.05, 0.1) is 23.0 Å². The zero-order valence-electron chi connectivity index (χ0n) is 20.3. The van der Waals surface area contributed by atoms with Gasteiger partial charge in [0, 0.05) is 44.5 Å². The second-order valence-electron chi connectivity index (χ2n) is 9.74. The molecule has 2 fully saturated rings. The highest BCUT2D eigenvalue weighted by molar-refractivity contribution is 6.40. The Kier molecular flexibility index (Phi) is 6.22. The molecule has 0 spiro atoms. The van der Waals surface area contributed by atoms with Crippen LogP contribution in [0.3, 0.4) is 0 Å². The molecule has 36 heavy (non-hydrogen) atoms. The highest BCUT2D eigenvalue weighted by Crippen LogP contribution is 2.36. The molecule has 12 nitrogen and oxygen atoms in total. The molecule has 3 aromatic heterocycles. The first kappa shape index (κ1) is 23.6. The van der Waals surface area contributed by atoms with Gasteiger partial charge in [0.1, 0.15) is 12.4 Å². The Labute approximate surface area is 207 Å². The van der Waals surface area contributed by atoms with Crippen LogP contribution in [-0.4, -0.2) is 80.6 Å². The van der Waals surface area contributed by atoms with Gasteiger partial charge in [-0.1, -0.05) is 6.92 Å². The van der Waals surface area contributed by atoms with Gasteiger partial charge in [0.2, 0.25) is 0 Å². The van der Waals surface area contributed by atoms with Crippen LogP contribution in [0, 0.1) is 23.2 Å². The van der Waals surface area contributed by atoms with Crippen molar-refractivity contribution >= 4 is 45.6 Å². The predicted octanol–water partition coefficient (Wildman–Crippen LogP) is 1.84. The second-order valence-corrected chi connectivity index (χ2v) is 9.74. The molecule has 0 radical (unpaired) electrons. The van der Waals surface area contributed by atoms with Crippen LogP contribution in [0.15, 0.2) is 18.5 Å². The van der Waals surface area contributed by atoms with Gasteiger partial charge in [-0.15, -0.1) is 0 Å². The summed E-state index contributed by atoms with van der Waals surface area (Å²) < 4.78 is 1.95. The topological polar surface area (TPSA) is 152 Å². The summed E-state index contributed by atoms with van der Waals surface area (Å²) in [6.45, 7) is 3.64. The van der Waals surface area contributed by atoms with Crippen LogP contribution < -0.4 is 10.6 Å². The van der Waals surface area contributed by atoms with Gasteiger partial charge < -0.3 is 20.4 Å². The minimum Gasteiger partial charge on any atom is -0.348 e. The number of pyridine rings is 1. The first-order chi connectivity index (χ1) is 17.4. The van der Waals surface area contributed by atoms with Crippen LogP contribution >= 0.6 is 0 Å². The van der Waals surface area contributed by atoms with E-state index in [1.54, 1.807) is 24.3 Å². The van der Waals surface area contributed by atoms with Crippen LogP contribution in [0.1, 0.15) is 32.2 Å². The summed E-state index contributed by atoms with van der Waals surface area (Å²) in [7, 11) is 1.61. The number of likely N-dealkylation sites (tertiary alicyclic amines) is 1. The summed E-state index contributed by atoms with van der Waals surface area (Å²) in [6.07, 6.45) is 6.22. The molecule has 4 amide bonds. The normalized spacial score (nSPS) is 19.8. The predicted molar refractivity (Wildman–Crippen MR) is 132 cm³/mol. The number of rotatable bonds is 5. The van der Waals surface area contributed by atoms with Crippen molar-refractivity contribution in [2.24, 2.45) is 11.8 Å². The standard InChI is InChI=1S/C24H29N9O3/c1-14-6-9-32(24(36)31(2)10-7-25)13-18(14)33-19-16-5-8-26-20(16)27-12-17(19)21(30-33)29-23(35)22(34)28-11-15-3-4-15/h5,8,12,14-15,18,30H,3-4,6,9-11,13H2,1-2H3,(H,28,34)(H,29,35)/t14-,18+/m1/s1. The van der Waals surface area contributed by atoms with Crippen molar-refractivity contribution in [1.82, 2.24) is 34.9 Å². The third kappa shape index (κ3) is 4.44. The molecule has 2 aliphatic rings. The number of anilines is 1. The van der Waals surface area contributed by atoms with E-state index in [9.17, 15) is 14.4 Å². The number of aromatic nitrogens is 4. The average molecular weight is 492 g/mol. The molecule has 2 atom stereocenters. The Balaban J connectivity index is 1.48. The number of aromatic amines is 1. The number of hydrogen-bond acceptors (Lipinski definition) is 6. The van der Waals surface area contributed by atoms with Crippen molar-refractivity contribution in [2.45, 2.75) is 32.2 Å². The molecule has 1 saturated carbocycles. The monoisotopic (exact) mass is 491 g/mol. The molecule has 1 saturated heterocycles. The van der Waals surface area contributed by atoms with Crippen LogP contribution in [0.5, 0.6) is 0 Å². The number of amides is 4. The highest BCUT2D eigenvalue weighted by atomic mass is 16.2. The van der Waals surface area contributed by atoms with Crippen molar-refractivity contribution in [3.8, 4) is 6.07 Å². The number of H-pyrrole nitrogens is 1. The Morgan fingerprint density at radius 2 is 2.03 bits per heavy atom. The maximum atomic E-state index is 12.9. The summed E-state index contributed by atoms with van der Waals surface area (Å²) in [5.74, 6) is -0.395. The zero-order valence-corrected chi connectivity index (χ0v) is 20.3. The van der Waals surface area contributed by atoms with E-state index < -0.39 is 11.8 Å². The van der Waals surface area contributed by atoms with Gasteiger partial charge in [-0.2, -0.15) is 5.26 Å². The van der Waals surface area contributed by atoms with Gasteiger partial charge in [0.25, 0.3) is 0 Å². The summed E-state index contributed by atoms with van der Waals surface area (Å²) in [5, 5.41) is 19.1. The molecule has 12 heteroatoms. The molecule has 5 rings (SSSR count). The third-order valence-electron chi connectivity index (χ3n) is 7.10. The number of nitrogens with one attached hydrogen (secondary N) is 3. The van der Waals surface area contributed by atoms with Crippen molar-refractivity contribution in [1.29, 1.82) is 5.26 Å². The number of carbonyl (C=O) groups excluding carboxylic acids is 3. The smallest absolute Gasteiger partial charge is 0.320 e. The lowest BCUT2D eigenvalue weighted by Gasteiger charge is -2.39. The van der Waals surface area contributed by atoms with E-state index in [4.69, 9.17) is 5.26 Å². The molecule has 4 heterocycles. The van der Waals surface area contributed by atoms with E-state index in [1.807, 2.05) is 16.8 Å². The second kappa shape index (κ2) is 9.49. The molecule has 0 bridgehead atoms. The first-order valence-corrected chi connectivity index (χ1v) is 12.2. The Morgan fingerprint density at radius 3 is 2.78 bits per heavy atom. The van der Waals surface area contributed by atoms with Gasteiger partial charge in [-0.05, 0) is 37.2 Å². The lowest BCUT2D eigenvalue weighted by molar-refractivity contribution is -0.136. The van der Waals surface area contributed by atoms with Crippen molar-refractivity contribution in [3.05, 3.63) is 18.5 Å². The molecular formula is C24H29N9O3. The Morgan fingerprint density at radius 1 is 1.22 bits per heavy atom. The SMILES string of the molecule is C[C@@H]1CCN(C(=O)N(C)CC#N)C[C@@H]1n1[nH]c(NC(=O)C(=O)NCC2CC2)c2cnc3nccc3c21. The van der Waals surface area contributed by atoms with Gasteiger partial charge >= 0.3 is 17.8 Å². The largest absolute Gasteiger partial charge is 0.348 e. The number of hydrogen-bond donors (Lipinski definition) is 3. The molecule has 3 N–H and O–H groups in total. The van der Waals surface area contributed by atoms with E-state index in [2.05, 4.69) is 32.6 Å². The highest BCUT2D eigenvalue weighted by Gasteiger charge is 2.34. The summed E-state index contributed by atoms with van der Waals surface area (Å²) in [5.41, 5.74) is 1.36. The number of nitriles is 1. The van der Waals surface area contributed by atoms with Gasteiger partial charge in [-0.3, -0.25) is 19.4 Å². The first-order valence-electron chi connectivity index (χ1n) is 12.2. The quantitative estimate of drug-likeness (QED) is 0.366. The zero-order chi connectivity index (χ0) is 25.4. The molecule has 3 aromatic rings. The molecule has 0 unspecified atom stereocenters. The number of urea groups is 1. The third-order valence-corrected chi connectivity index (χ3v) is 7.10. The molecule has 188 valence electrons. The number of carbonyl (C=O) groups is 3. The van der Waals surface area contributed by atoms with Crippen molar-refractivity contribution in [3.63, 3.8) is 0 Å². The molecule has 1 aliphatic heterocycles. The minimum absolute atomic E-state index is 0.0125. The van der Waals surface area contributed by atoms with E-state index in [1.165, 1.54) is 4.90 Å². The Hall–Kier alpha value is -4.14. The number of fused-ring (bicyclic) bond motifs is 3. The van der Waals surface area contributed by atoms with Crippen LogP contribution in [0.25, 0.3) is 21.9 Å². The van der Waals surface area contributed by atoms with E-state index in [-0.39, 0.29) is 24.5 Å². The molecular weight excluding hydrogens is 462 g/mol. The average Bonchev–Trinajstić information content (AvgIpc) is 3.45. The van der Waals surface area contributed by atoms with Crippen molar-refractivity contribution in [2.75, 3.05) is 38.5 Å². The van der Waals surface area contributed by atoms with E-state index in [0.29, 0.717) is 42.4 Å². The fourth-order valence-corrected chi connectivity index (χ4v) is 4.75. The lowest BCUT2D eigenvalue weighted by atomic mass is 9.93. The van der Waals surface area contributed by atoms with Gasteiger partial charge in [-0.25, -0.2) is 14.8 Å². The maximum absolute atomic E-state index is 12.9. The molecule has 0 aromatic carbocycles. The van der Waals surface area contributed by atoms with Crippen LogP contribution in [0.4, 0.5) is 10.6 Å². The van der Waals surface area contributed by atoms with E-state index in [0.717, 1.165) is 30.2 Å². The van der Waals surface area contributed by atoms with E-state index >= 15 is 0 Å². The summed E-state index contributed by atoms with van der Waals surface area (Å²) in [6, 6.07) is 3.53.